The van der Waals surface area contributed by atoms with Crippen LogP contribution < -0.4 is 5.32 Å². The second-order valence-corrected chi connectivity index (χ2v) is 8.54. The third kappa shape index (κ3) is 4.24. The molecule has 4 rings (SSSR count). The molecule has 32 heavy (non-hydrogen) atoms. The third-order valence-corrected chi connectivity index (χ3v) is 6.26. The molecule has 3 heterocycles. The first-order chi connectivity index (χ1) is 15.4. The minimum absolute atomic E-state index is 0.0416. The molecular weight excluding hydrogens is 422 g/mol. The highest BCUT2D eigenvalue weighted by molar-refractivity contribution is 6.31. The van der Waals surface area contributed by atoms with Crippen LogP contribution in [0.3, 0.4) is 0 Å². The maximum Gasteiger partial charge on any atom is 0.251 e. The van der Waals surface area contributed by atoms with E-state index in [1.54, 1.807) is 18.3 Å². The number of allylic oxidation sites excluding steroid dienone is 3. The Morgan fingerprint density at radius 3 is 2.78 bits per heavy atom. The Bertz CT molecular complexity index is 1230. The second-order valence-electron chi connectivity index (χ2n) is 8.14. The number of likely N-dealkylation sites (N-methyl/N-ethyl adjacent to an activating group) is 1. The first-order valence-corrected chi connectivity index (χ1v) is 10.8. The van der Waals surface area contributed by atoms with Gasteiger partial charge in [-0.05, 0) is 49.9 Å². The van der Waals surface area contributed by atoms with Gasteiger partial charge < -0.3 is 10.2 Å². The van der Waals surface area contributed by atoms with Crippen molar-refractivity contribution in [1.82, 2.24) is 25.4 Å². The highest BCUT2D eigenvalue weighted by Crippen LogP contribution is 2.30. The van der Waals surface area contributed by atoms with Crippen molar-refractivity contribution in [2.75, 3.05) is 20.1 Å². The zero-order valence-corrected chi connectivity index (χ0v) is 19.0. The average molecular weight is 448 g/mol. The molecule has 2 N–H and O–H groups in total. The van der Waals surface area contributed by atoms with E-state index in [4.69, 9.17) is 11.6 Å². The van der Waals surface area contributed by atoms with Crippen molar-refractivity contribution >= 4 is 28.4 Å². The number of carbonyl (C=O) groups is 1. The number of pyridine rings is 1. The maximum absolute atomic E-state index is 13.2. The molecule has 0 spiro atoms. The van der Waals surface area contributed by atoms with Crippen molar-refractivity contribution in [1.29, 1.82) is 0 Å². The molecule has 0 aliphatic carbocycles. The summed E-state index contributed by atoms with van der Waals surface area (Å²) in [6, 6.07) is 9.39. The van der Waals surface area contributed by atoms with Crippen LogP contribution in [0.25, 0.3) is 22.2 Å². The van der Waals surface area contributed by atoms with E-state index in [2.05, 4.69) is 38.6 Å². The lowest BCUT2D eigenvalue weighted by atomic mass is 9.93. The lowest BCUT2D eigenvalue weighted by Gasteiger charge is -2.22. The molecule has 0 bridgehead atoms. The number of fused-ring (bicyclic) bond motifs is 1. The fourth-order valence-electron chi connectivity index (χ4n) is 4.33. The molecule has 3 aromatic rings. The van der Waals surface area contributed by atoms with Gasteiger partial charge in [0.2, 0.25) is 0 Å². The predicted molar refractivity (Wildman–Crippen MR) is 130 cm³/mol. The number of H-pyrrole nitrogens is 1. The first kappa shape index (κ1) is 22.0. The molecular formula is C25H26ClN5O. The highest BCUT2D eigenvalue weighted by Gasteiger charge is 2.34. The van der Waals surface area contributed by atoms with Gasteiger partial charge in [0, 0.05) is 58.5 Å². The predicted octanol–water partition coefficient (Wildman–Crippen LogP) is 4.46. The Hall–Kier alpha value is -3.22. The maximum atomic E-state index is 13.2. The molecule has 164 valence electrons. The fraction of sp³-hybridized carbons (Fsp3) is 0.240. The summed E-state index contributed by atoms with van der Waals surface area (Å²) < 4.78 is 0. The quantitative estimate of drug-likeness (QED) is 0.547. The zero-order chi connectivity index (χ0) is 22.8. The van der Waals surface area contributed by atoms with Crippen LogP contribution >= 0.6 is 11.6 Å². The number of nitrogens with one attached hydrogen (secondary N) is 2. The van der Waals surface area contributed by atoms with Crippen molar-refractivity contribution < 1.29 is 4.79 Å². The number of nitrogens with zero attached hydrogens (tertiary/aromatic N) is 3. The SMILES string of the molecule is C=C/C(Cl)=C(\C=C)[C@H]1CN(C)C[C@@H]1NC(=O)c1ccc2[nH]nc(-c3ccnc(C)c3)c2c1. The van der Waals surface area contributed by atoms with Crippen molar-refractivity contribution in [3.05, 3.63) is 83.7 Å². The van der Waals surface area contributed by atoms with Crippen LogP contribution in [0.15, 0.2) is 72.4 Å². The summed E-state index contributed by atoms with van der Waals surface area (Å²) in [6.45, 7) is 11.1. The smallest absolute Gasteiger partial charge is 0.251 e. The van der Waals surface area contributed by atoms with Crippen molar-refractivity contribution in [3.8, 4) is 11.3 Å². The molecule has 1 aromatic carbocycles. The number of aromatic nitrogens is 3. The monoisotopic (exact) mass is 447 g/mol. The molecule has 2 aromatic heterocycles. The number of likely N-dealkylation sites (tertiary alicyclic amines) is 1. The van der Waals surface area contributed by atoms with Gasteiger partial charge in [-0.25, -0.2) is 0 Å². The van der Waals surface area contributed by atoms with E-state index in [-0.39, 0.29) is 17.9 Å². The number of hydrogen-bond acceptors (Lipinski definition) is 4. The average Bonchev–Trinajstić information content (AvgIpc) is 3.36. The minimum Gasteiger partial charge on any atom is -0.347 e. The second kappa shape index (κ2) is 9.10. The lowest BCUT2D eigenvalue weighted by molar-refractivity contribution is 0.0933. The lowest BCUT2D eigenvalue weighted by Crippen LogP contribution is -2.41. The topological polar surface area (TPSA) is 73.9 Å². The van der Waals surface area contributed by atoms with Gasteiger partial charge >= 0.3 is 0 Å². The van der Waals surface area contributed by atoms with E-state index in [1.807, 2.05) is 44.3 Å². The zero-order valence-electron chi connectivity index (χ0n) is 18.2. The van der Waals surface area contributed by atoms with E-state index in [1.165, 1.54) is 0 Å². The Labute approximate surface area is 192 Å². The van der Waals surface area contributed by atoms with Crippen molar-refractivity contribution in [2.45, 2.75) is 13.0 Å². The minimum atomic E-state index is -0.131. The molecule has 2 atom stereocenters. The van der Waals surface area contributed by atoms with E-state index < -0.39 is 0 Å². The molecule has 1 saturated heterocycles. The molecule has 1 fully saturated rings. The molecule has 6 nitrogen and oxygen atoms in total. The number of halogens is 1. The normalized spacial score (nSPS) is 19.6. The van der Waals surface area contributed by atoms with Gasteiger partial charge in [-0.15, -0.1) is 0 Å². The third-order valence-electron chi connectivity index (χ3n) is 5.89. The number of hydrogen-bond donors (Lipinski definition) is 2. The number of carbonyl (C=O) groups excluding carboxylic acids is 1. The van der Waals surface area contributed by atoms with Crippen molar-refractivity contribution in [2.24, 2.45) is 5.92 Å². The van der Waals surface area contributed by atoms with Crippen LogP contribution in [-0.2, 0) is 0 Å². The molecule has 0 radical (unpaired) electrons. The van der Waals surface area contributed by atoms with Gasteiger partial charge in [0.15, 0.2) is 0 Å². The van der Waals surface area contributed by atoms with Crippen molar-refractivity contribution in [3.63, 3.8) is 0 Å². The number of rotatable bonds is 6. The van der Waals surface area contributed by atoms with Crippen LogP contribution in [0.1, 0.15) is 16.1 Å². The van der Waals surface area contributed by atoms with Gasteiger partial charge in [-0.2, -0.15) is 5.10 Å². The van der Waals surface area contributed by atoms with Crippen LogP contribution in [-0.4, -0.2) is 52.2 Å². The van der Waals surface area contributed by atoms with E-state index in [9.17, 15) is 4.79 Å². The van der Waals surface area contributed by atoms with Gasteiger partial charge in [-0.1, -0.05) is 36.9 Å². The largest absolute Gasteiger partial charge is 0.347 e. The van der Waals surface area contributed by atoms with Gasteiger partial charge in [0.1, 0.15) is 5.69 Å². The Morgan fingerprint density at radius 2 is 2.06 bits per heavy atom. The molecule has 1 amide bonds. The van der Waals surface area contributed by atoms with E-state index >= 15 is 0 Å². The number of aromatic amines is 1. The summed E-state index contributed by atoms with van der Waals surface area (Å²) >= 11 is 6.36. The summed E-state index contributed by atoms with van der Waals surface area (Å²) in [7, 11) is 2.03. The number of benzene rings is 1. The Balaban J connectivity index is 1.63. The first-order valence-electron chi connectivity index (χ1n) is 10.5. The summed E-state index contributed by atoms with van der Waals surface area (Å²) in [5, 5.41) is 12.2. The Morgan fingerprint density at radius 1 is 1.25 bits per heavy atom. The number of amides is 1. The molecule has 7 heteroatoms. The van der Waals surface area contributed by atoms with Crippen LogP contribution in [0.4, 0.5) is 0 Å². The molecule has 0 saturated carbocycles. The Kier molecular flexibility index (Phi) is 6.26. The van der Waals surface area contributed by atoms with E-state index in [0.717, 1.165) is 46.5 Å². The highest BCUT2D eigenvalue weighted by atomic mass is 35.5. The number of aryl methyl sites for hydroxylation is 1. The van der Waals surface area contributed by atoms with Crippen LogP contribution in [0.5, 0.6) is 0 Å². The van der Waals surface area contributed by atoms with Gasteiger partial charge in [0.05, 0.1) is 5.52 Å². The van der Waals surface area contributed by atoms with Gasteiger partial charge in [0.25, 0.3) is 5.91 Å². The standard InChI is InChI=1S/C25H26ClN5O/c1-5-18(21(26)6-2)20-13-31(4)14-23(20)28-25(32)17-7-8-22-19(12-17)24(30-29-22)16-9-10-27-15(3)11-16/h5-12,20,23H,1-2,13-14H2,3-4H3,(H,28,32)(H,29,30)/b21-18-/t20-,23+/m1/s1. The van der Waals surface area contributed by atoms with Crippen LogP contribution in [0, 0.1) is 12.8 Å². The molecule has 1 aliphatic heterocycles. The summed E-state index contributed by atoms with van der Waals surface area (Å²) in [6.07, 6.45) is 5.13. The van der Waals surface area contributed by atoms with Crippen LogP contribution in [0.2, 0.25) is 0 Å². The summed E-state index contributed by atoms with van der Waals surface area (Å²) in [5.41, 5.74) is 5.02. The molecule has 1 aliphatic rings. The summed E-state index contributed by atoms with van der Waals surface area (Å²) in [5.74, 6) is -0.0895. The van der Waals surface area contributed by atoms with E-state index in [0.29, 0.717) is 10.6 Å². The van der Waals surface area contributed by atoms with Gasteiger partial charge in [-0.3, -0.25) is 14.9 Å². The molecule has 0 unspecified atom stereocenters. The summed E-state index contributed by atoms with van der Waals surface area (Å²) in [4.78, 5) is 19.6. The fourth-order valence-corrected chi connectivity index (χ4v) is 4.54.